The van der Waals surface area contributed by atoms with Crippen molar-refractivity contribution in [2.24, 2.45) is 5.92 Å². The van der Waals surface area contributed by atoms with Crippen molar-refractivity contribution in [3.63, 3.8) is 0 Å². The highest BCUT2D eigenvalue weighted by Crippen LogP contribution is 2.24. The summed E-state index contributed by atoms with van der Waals surface area (Å²) in [5.74, 6) is 3.77. The minimum Gasteiger partial charge on any atom is -0.314 e. The maximum Gasteiger partial charge on any atom is 0.0193 e. The van der Waals surface area contributed by atoms with E-state index in [1.165, 1.54) is 44.1 Å². The van der Waals surface area contributed by atoms with Gasteiger partial charge in [0.1, 0.15) is 0 Å². The van der Waals surface area contributed by atoms with Crippen LogP contribution in [0.15, 0.2) is 0 Å². The van der Waals surface area contributed by atoms with Crippen molar-refractivity contribution in [1.82, 2.24) is 10.2 Å². The molecular formula is C10H20N2S. The summed E-state index contributed by atoms with van der Waals surface area (Å²) in [6, 6.07) is 0.749. The van der Waals surface area contributed by atoms with Gasteiger partial charge in [0.15, 0.2) is 0 Å². The molecule has 0 aromatic rings. The van der Waals surface area contributed by atoms with Crippen molar-refractivity contribution in [2.45, 2.75) is 19.4 Å². The van der Waals surface area contributed by atoms with E-state index in [2.05, 4.69) is 28.9 Å². The molecule has 2 rings (SSSR count). The first-order valence-electron chi connectivity index (χ1n) is 5.39. The number of nitrogens with one attached hydrogen (secondary N) is 1. The Hall–Kier alpha value is 0.270. The first kappa shape index (κ1) is 9.81. The molecule has 1 N–H and O–H groups in total. The molecule has 2 aliphatic heterocycles. The Morgan fingerprint density at radius 2 is 2.46 bits per heavy atom. The second-order valence-corrected chi connectivity index (χ2v) is 5.43. The lowest BCUT2D eigenvalue weighted by Crippen LogP contribution is -2.51. The third-order valence-corrected chi connectivity index (χ3v) is 4.39. The zero-order valence-electron chi connectivity index (χ0n) is 8.46. The van der Waals surface area contributed by atoms with Crippen molar-refractivity contribution in [3.05, 3.63) is 0 Å². The maximum atomic E-state index is 3.44. The fourth-order valence-electron chi connectivity index (χ4n) is 2.21. The number of hydrogen-bond donors (Lipinski definition) is 1. The van der Waals surface area contributed by atoms with Gasteiger partial charge in [-0.3, -0.25) is 4.90 Å². The van der Waals surface area contributed by atoms with Crippen molar-refractivity contribution >= 4 is 11.8 Å². The molecule has 76 valence electrons. The third-order valence-electron chi connectivity index (χ3n) is 3.16. The highest BCUT2D eigenvalue weighted by atomic mass is 32.2. The summed E-state index contributed by atoms with van der Waals surface area (Å²) in [4.78, 5) is 2.66. The molecule has 2 nitrogen and oxygen atoms in total. The number of rotatable bonds is 2. The van der Waals surface area contributed by atoms with Crippen LogP contribution in [-0.4, -0.2) is 48.6 Å². The molecular weight excluding hydrogens is 180 g/mol. The lowest BCUT2D eigenvalue weighted by Gasteiger charge is -2.35. The van der Waals surface area contributed by atoms with Crippen LogP contribution in [0, 0.1) is 5.92 Å². The Labute approximate surface area is 85.4 Å². The number of thioether (sulfide) groups is 1. The number of hydrogen-bond acceptors (Lipinski definition) is 3. The molecule has 13 heavy (non-hydrogen) atoms. The smallest absolute Gasteiger partial charge is 0.0193 e. The monoisotopic (exact) mass is 200 g/mol. The van der Waals surface area contributed by atoms with Gasteiger partial charge in [-0.05, 0) is 30.8 Å². The fraction of sp³-hybridized carbons (Fsp3) is 1.00. The lowest BCUT2D eigenvalue weighted by molar-refractivity contribution is 0.153. The number of piperazine rings is 1. The Morgan fingerprint density at radius 1 is 1.54 bits per heavy atom. The SMILES string of the molecule is C[C@H]1CNCCN1CC1CCSC1. The van der Waals surface area contributed by atoms with Gasteiger partial charge in [-0.15, -0.1) is 0 Å². The van der Waals surface area contributed by atoms with Crippen LogP contribution in [0.2, 0.25) is 0 Å². The average molecular weight is 200 g/mol. The van der Waals surface area contributed by atoms with Gasteiger partial charge < -0.3 is 5.32 Å². The van der Waals surface area contributed by atoms with E-state index in [1.807, 2.05) is 0 Å². The van der Waals surface area contributed by atoms with Gasteiger partial charge >= 0.3 is 0 Å². The molecule has 0 spiro atoms. The largest absolute Gasteiger partial charge is 0.314 e. The zero-order chi connectivity index (χ0) is 9.10. The topological polar surface area (TPSA) is 15.3 Å². The quantitative estimate of drug-likeness (QED) is 0.717. The van der Waals surface area contributed by atoms with E-state index in [0.29, 0.717) is 0 Å². The molecule has 0 saturated carbocycles. The summed E-state index contributed by atoms with van der Waals surface area (Å²) in [5.41, 5.74) is 0. The standard InChI is InChI=1S/C10H20N2S/c1-9-6-11-3-4-12(9)7-10-2-5-13-8-10/h9-11H,2-8H2,1H3/t9-,10?/m0/s1. The summed E-state index contributed by atoms with van der Waals surface area (Å²) >= 11 is 2.13. The van der Waals surface area contributed by atoms with Crippen molar-refractivity contribution in [2.75, 3.05) is 37.7 Å². The van der Waals surface area contributed by atoms with Crippen molar-refractivity contribution in [1.29, 1.82) is 0 Å². The fourth-order valence-corrected chi connectivity index (χ4v) is 3.49. The second kappa shape index (κ2) is 4.67. The first-order valence-corrected chi connectivity index (χ1v) is 6.54. The van der Waals surface area contributed by atoms with Crippen LogP contribution in [0.1, 0.15) is 13.3 Å². The van der Waals surface area contributed by atoms with E-state index < -0.39 is 0 Å². The summed E-state index contributed by atoms with van der Waals surface area (Å²) in [7, 11) is 0. The highest BCUT2D eigenvalue weighted by molar-refractivity contribution is 7.99. The Morgan fingerprint density at radius 3 is 3.15 bits per heavy atom. The van der Waals surface area contributed by atoms with Gasteiger partial charge in [0.25, 0.3) is 0 Å². The van der Waals surface area contributed by atoms with Crippen LogP contribution in [-0.2, 0) is 0 Å². The molecule has 2 aliphatic rings. The molecule has 2 fully saturated rings. The predicted octanol–water partition coefficient (Wildman–Crippen LogP) is 1.03. The molecule has 0 aliphatic carbocycles. The maximum absolute atomic E-state index is 3.44. The van der Waals surface area contributed by atoms with Crippen LogP contribution in [0.25, 0.3) is 0 Å². The van der Waals surface area contributed by atoms with Gasteiger partial charge in [-0.25, -0.2) is 0 Å². The third kappa shape index (κ3) is 2.61. The molecule has 1 unspecified atom stereocenters. The Kier molecular flexibility index (Phi) is 3.52. The molecule has 0 aromatic carbocycles. The van der Waals surface area contributed by atoms with E-state index in [4.69, 9.17) is 0 Å². The minimum absolute atomic E-state index is 0.749. The van der Waals surface area contributed by atoms with Gasteiger partial charge in [0, 0.05) is 32.2 Å². The Bertz CT molecular complexity index is 157. The van der Waals surface area contributed by atoms with Gasteiger partial charge in [-0.1, -0.05) is 0 Å². The molecule has 2 atom stereocenters. The van der Waals surface area contributed by atoms with Crippen molar-refractivity contribution < 1.29 is 0 Å². The molecule has 0 aromatic heterocycles. The minimum atomic E-state index is 0.749. The number of nitrogens with zero attached hydrogens (tertiary/aromatic N) is 1. The summed E-state index contributed by atoms with van der Waals surface area (Å²) in [5, 5.41) is 3.44. The first-order chi connectivity index (χ1) is 6.36. The molecule has 2 saturated heterocycles. The normalized spacial score (nSPS) is 36.7. The van der Waals surface area contributed by atoms with E-state index >= 15 is 0 Å². The van der Waals surface area contributed by atoms with Gasteiger partial charge in [-0.2, -0.15) is 11.8 Å². The van der Waals surface area contributed by atoms with Crippen LogP contribution in [0.5, 0.6) is 0 Å². The molecule has 0 bridgehead atoms. The van der Waals surface area contributed by atoms with E-state index in [0.717, 1.165) is 12.0 Å². The summed E-state index contributed by atoms with van der Waals surface area (Å²) in [6.07, 6.45) is 1.45. The average Bonchev–Trinajstić information content (AvgIpc) is 2.61. The van der Waals surface area contributed by atoms with E-state index in [9.17, 15) is 0 Å². The van der Waals surface area contributed by atoms with E-state index in [1.54, 1.807) is 0 Å². The second-order valence-electron chi connectivity index (χ2n) is 4.28. The molecule has 0 radical (unpaired) electrons. The zero-order valence-corrected chi connectivity index (χ0v) is 9.28. The predicted molar refractivity (Wildman–Crippen MR) is 59.3 cm³/mol. The molecule has 3 heteroatoms. The lowest BCUT2D eigenvalue weighted by atomic mass is 10.1. The Balaban J connectivity index is 1.78. The van der Waals surface area contributed by atoms with Crippen LogP contribution < -0.4 is 5.32 Å². The van der Waals surface area contributed by atoms with Crippen LogP contribution in [0.4, 0.5) is 0 Å². The van der Waals surface area contributed by atoms with Crippen molar-refractivity contribution in [3.8, 4) is 0 Å². The highest BCUT2D eigenvalue weighted by Gasteiger charge is 2.23. The molecule has 0 amide bonds. The van der Waals surface area contributed by atoms with E-state index in [-0.39, 0.29) is 0 Å². The van der Waals surface area contributed by atoms with Gasteiger partial charge in [0.05, 0.1) is 0 Å². The van der Waals surface area contributed by atoms with Crippen LogP contribution >= 0.6 is 11.8 Å². The summed E-state index contributed by atoms with van der Waals surface area (Å²) in [6.45, 7) is 7.30. The molecule has 2 heterocycles. The van der Waals surface area contributed by atoms with Gasteiger partial charge in [0.2, 0.25) is 0 Å². The summed E-state index contributed by atoms with van der Waals surface area (Å²) < 4.78 is 0. The van der Waals surface area contributed by atoms with Crippen LogP contribution in [0.3, 0.4) is 0 Å².